The van der Waals surface area contributed by atoms with Crippen LogP contribution in [0.25, 0.3) is 0 Å². The zero-order valence-corrected chi connectivity index (χ0v) is 13.1. The maximum atomic E-state index is 10.4. The van der Waals surface area contributed by atoms with Crippen molar-refractivity contribution in [1.29, 1.82) is 5.26 Å². The van der Waals surface area contributed by atoms with Gasteiger partial charge in [-0.05, 0) is 50.6 Å². The molecule has 1 saturated heterocycles. The van der Waals surface area contributed by atoms with E-state index >= 15 is 0 Å². The number of aliphatic hydroxyl groups is 1. The molecule has 1 aliphatic heterocycles. The zero-order valence-electron chi connectivity index (χ0n) is 13.1. The largest absolute Gasteiger partial charge is 0.387 e. The predicted molar refractivity (Wildman–Crippen MR) is 83.6 cm³/mol. The van der Waals surface area contributed by atoms with Crippen LogP contribution in [0.15, 0.2) is 28.8 Å². The molecule has 0 aliphatic carbocycles. The van der Waals surface area contributed by atoms with Crippen LogP contribution in [0.1, 0.15) is 47.7 Å². The summed E-state index contributed by atoms with van der Waals surface area (Å²) in [7, 11) is 0. The zero-order chi connectivity index (χ0) is 16.2. The summed E-state index contributed by atoms with van der Waals surface area (Å²) in [6, 6.07) is 9.20. The minimum absolute atomic E-state index is 0.319. The van der Waals surface area contributed by atoms with Gasteiger partial charge in [0.25, 0.3) is 0 Å². The number of β-amino-alcohol motifs (C(OH)–C–C–N with tert-alkyl or cyclic N) is 1. The highest BCUT2D eigenvalue weighted by Crippen LogP contribution is 2.27. The third-order valence-electron chi connectivity index (χ3n) is 4.34. The molecule has 0 radical (unpaired) electrons. The van der Waals surface area contributed by atoms with Gasteiger partial charge < -0.3 is 14.5 Å². The Kier molecular flexibility index (Phi) is 4.70. The minimum atomic E-state index is -0.537. The molecule has 1 aromatic heterocycles. The predicted octanol–water partition coefficient (Wildman–Crippen LogP) is 2.16. The molecule has 120 valence electrons. The van der Waals surface area contributed by atoms with Crippen LogP contribution < -0.4 is 0 Å². The number of rotatable bonds is 4. The van der Waals surface area contributed by atoms with Crippen molar-refractivity contribution in [2.45, 2.75) is 31.8 Å². The Labute approximate surface area is 135 Å². The lowest BCUT2D eigenvalue weighted by molar-refractivity contribution is 0.0941. The van der Waals surface area contributed by atoms with Crippen molar-refractivity contribution < 1.29 is 9.63 Å². The summed E-state index contributed by atoms with van der Waals surface area (Å²) in [6.07, 6.45) is 1.38. The van der Waals surface area contributed by atoms with E-state index in [-0.39, 0.29) is 0 Å². The highest BCUT2D eigenvalue weighted by molar-refractivity contribution is 5.32. The van der Waals surface area contributed by atoms with Crippen LogP contribution in [0.4, 0.5) is 0 Å². The third kappa shape index (κ3) is 3.76. The number of nitriles is 1. The van der Waals surface area contributed by atoms with Gasteiger partial charge in [0.2, 0.25) is 5.89 Å². The normalized spacial score (nSPS) is 17.8. The summed E-state index contributed by atoms with van der Waals surface area (Å²) in [5.41, 5.74) is 1.45. The topological polar surface area (TPSA) is 86.2 Å². The van der Waals surface area contributed by atoms with Crippen LogP contribution in [-0.2, 0) is 0 Å². The molecular formula is C17H20N4O2. The molecule has 0 amide bonds. The lowest BCUT2D eigenvalue weighted by Gasteiger charge is -2.31. The molecule has 1 fully saturated rings. The van der Waals surface area contributed by atoms with Gasteiger partial charge in [-0.1, -0.05) is 17.3 Å². The van der Waals surface area contributed by atoms with Crippen molar-refractivity contribution in [3.05, 3.63) is 47.1 Å². The van der Waals surface area contributed by atoms with Gasteiger partial charge in [0.15, 0.2) is 5.82 Å². The number of nitrogens with zero attached hydrogens (tertiary/aromatic N) is 4. The first-order chi connectivity index (χ1) is 11.2. The summed E-state index contributed by atoms with van der Waals surface area (Å²) < 4.78 is 5.26. The van der Waals surface area contributed by atoms with Crippen LogP contribution in [0.3, 0.4) is 0 Å². The van der Waals surface area contributed by atoms with Crippen LogP contribution >= 0.6 is 0 Å². The molecule has 1 aliphatic rings. The second-order valence-electron chi connectivity index (χ2n) is 6.00. The molecule has 1 aromatic carbocycles. The van der Waals surface area contributed by atoms with Crippen molar-refractivity contribution in [3.63, 3.8) is 0 Å². The fourth-order valence-electron chi connectivity index (χ4n) is 2.97. The number of aryl methyl sites for hydroxylation is 1. The molecule has 1 atom stereocenters. The highest BCUT2D eigenvalue weighted by atomic mass is 16.5. The van der Waals surface area contributed by atoms with Crippen molar-refractivity contribution in [2.75, 3.05) is 19.6 Å². The molecule has 23 heavy (non-hydrogen) atoms. The van der Waals surface area contributed by atoms with Gasteiger partial charge in [-0.15, -0.1) is 0 Å². The number of aliphatic hydroxyl groups excluding tert-OH is 1. The number of piperidine rings is 1. The summed E-state index contributed by atoms with van der Waals surface area (Å²) in [5.74, 6) is 1.73. The second kappa shape index (κ2) is 6.90. The van der Waals surface area contributed by atoms with Crippen molar-refractivity contribution in [3.8, 4) is 6.07 Å². The summed E-state index contributed by atoms with van der Waals surface area (Å²) in [5, 5.41) is 23.0. The average Bonchev–Trinajstić information content (AvgIpc) is 3.02. The molecule has 1 N–H and O–H groups in total. The van der Waals surface area contributed by atoms with E-state index in [1.54, 1.807) is 12.1 Å². The fraction of sp³-hybridized carbons (Fsp3) is 0.471. The summed E-state index contributed by atoms with van der Waals surface area (Å²) in [4.78, 5) is 6.56. The van der Waals surface area contributed by atoms with E-state index in [4.69, 9.17) is 9.78 Å². The Balaban J connectivity index is 1.52. The Hall–Kier alpha value is -2.23. The minimum Gasteiger partial charge on any atom is -0.387 e. The Bertz CT molecular complexity index is 681. The van der Waals surface area contributed by atoms with Gasteiger partial charge in [-0.3, -0.25) is 0 Å². The number of benzene rings is 1. The van der Waals surface area contributed by atoms with Gasteiger partial charge >= 0.3 is 0 Å². The Morgan fingerprint density at radius 3 is 2.61 bits per heavy atom. The van der Waals surface area contributed by atoms with E-state index in [2.05, 4.69) is 21.1 Å². The van der Waals surface area contributed by atoms with Crippen LogP contribution in [0.5, 0.6) is 0 Å². The van der Waals surface area contributed by atoms with Crippen LogP contribution in [0.2, 0.25) is 0 Å². The lowest BCUT2D eigenvalue weighted by Crippen LogP contribution is -2.36. The first kappa shape index (κ1) is 15.7. The van der Waals surface area contributed by atoms with Gasteiger partial charge in [0.1, 0.15) is 0 Å². The van der Waals surface area contributed by atoms with E-state index in [1.807, 2.05) is 19.1 Å². The van der Waals surface area contributed by atoms with Gasteiger partial charge in [0, 0.05) is 12.5 Å². The number of aromatic nitrogens is 2. The molecule has 2 aromatic rings. The van der Waals surface area contributed by atoms with Crippen molar-refractivity contribution in [2.24, 2.45) is 0 Å². The Morgan fingerprint density at radius 1 is 1.35 bits per heavy atom. The summed E-state index contributed by atoms with van der Waals surface area (Å²) >= 11 is 0. The number of likely N-dealkylation sites (tertiary alicyclic amines) is 1. The van der Waals surface area contributed by atoms with Crippen LogP contribution in [0, 0.1) is 18.3 Å². The maximum absolute atomic E-state index is 10.4. The van der Waals surface area contributed by atoms with E-state index in [1.165, 1.54) is 0 Å². The molecule has 0 bridgehead atoms. The van der Waals surface area contributed by atoms with Gasteiger partial charge in [-0.25, -0.2) is 0 Å². The fourth-order valence-corrected chi connectivity index (χ4v) is 2.97. The maximum Gasteiger partial charge on any atom is 0.229 e. The second-order valence-corrected chi connectivity index (χ2v) is 6.00. The lowest BCUT2D eigenvalue weighted by atomic mass is 9.96. The van der Waals surface area contributed by atoms with Gasteiger partial charge in [0.05, 0.1) is 17.7 Å². The van der Waals surface area contributed by atoms with Crippen molar-refractivity contribution >= 4 is 0 Å². The Morgan fingerprint density at radius 2 is 2.04 bits per heavy atom. The molecule has 2 heterocycles. The van der Waals surface area contributed by atoms with Crippen molar-refractivity contribution in [1.82, 2.24) is 15.0 Å². The summed E-state index contributed by atoms with van der Waals surface area (Å²) in [6.45, 7) is 4.23. The quantitative estimate of drug-likeness (QED) is 0.931. The number of hydrogen-bond acceptors (Lipinski definition) is 6. The van der Waals surface area contributed by atoms with E-state index in [0.29, 0.717) is 23.9 Å². The number of hydrogen-bond donors (Lipinski definition) is 1. The van der Waals surface area contributed by atoms with E-state index < -0.39 is 6.10 Å². The highest BCUT2D eigenvalue weighted by Gasteiger charge is 2.26. The van der Waals surface area contributed by atoms with E-state index in [0.717, 1.165) is 37.4 Å². The third-order valence-corrected chi connectivity index (χ3v) is 4.34. The SMILES string of the molecule is Cc1noc(C2CCN(CC(O)c3ccc(C#N)cc3)CC2)n1. The van der Waals surface area contributed by atoms with Crippen LogP contribution in [-0.4, -0.2) is 39.8 Å². The van der Waals surface area contributed by atoms with Gasteiger partial charge in [-0.2, -0.15) is 10.2 Å². The standard InChI is InChI=1S/C17H20N4O2/c1-12-19-17(23-20-12)15-6-8-21(9-7-15)11-16(22)14-4-2-13(10-18)3-5-14/h2-5,15-16,22H,6-9,11H2,1H3. The molecule has 0 saturated carbocycles. The average molecular weight is 312 g/mol. The molecular weight excluding hydrogens is 292 g/mol. The monoisotopic (exact) mass is 312 g/mol. The molecule has 3 rings (SSSR count). The first-order valence-electron chi connectivity index (χ1n) is 7.86. The molecule has 6 heteroatoms. The first-order valence-corrected chi connectivity index (χ1v) is 7.86. The molecule has 1 unspecified atom stereocenters. The molecule has 6 nitrogen and oxygen atoms in total. The molecule has 0 spiro atoms. The van der Waals surface area contributed by atoms with E-state index in [9.17, 15) is 5.11 Å². The smallest absolute Gasteiger partial charge is 0.229 e.